The fraction of sp³-hybridized carbons (Fsp3) is 0.308. The van der Waals surface area contributed by atoms with E-state index in [2.05, 4.69) is 51.5 Å². The molecule has 0 bridgehead atoms. The van der Waals surface area contributed by atoms with Crippen LogP contribution in [0, 0.1) is 5.82 Å². The van der Waals surface area contributed by atoms with Crippen LogP contribution in [-0.4, -0.2) is 61.3 Å². The van der Waals surface area contributed by atoms with Gasteiger partial charge in [-0.2, -0.15) is 17.4 Å². The Bertz CT molecular complexity index is 937. The fourth-order valence-electron chi connectivity index (χ4n) is 1.72. The number of rotatable bonds is 9. The van der Waals surface area contributed by atoms with Crippen molar-refractivity contribution >= 4 is 43.5 Å². The van der Waals surface area contributed by atoms with E-state index in [1.165, 1.54) is 32.3 Å². The van der Waals surface area contributed by atoms with Crippen molar-refractivity contribution in [2.75, 3.05) is 38.0 Å². The van der Waals surface area contributed by atoms with Crippen LogP contribution in [0.4, 0.5) is 15.9 Å². The molecule has 1 aromatic heterocycles. The standard InChI is InChI=1S/C13H17BrFN7O5S/c1-22(2)28(24,25)16-5-6-26-20-13-11(19-27-21-13)12(18-23)17-8-3-4-10(15)9(14)7-8/h3-4,7,16,23H,5-6H2,1-2H3,(H,17,18)(H,20,21). The molecule has 1 aromatic carbocycles. The Balaban J connectivity index is 1.95. The lowest BCUT2D eigenvalue weighted by Gasteiger charge is -2.12. The lowest BCUT2D eigenvalue weighted by Crippen LogP contribution is -2.37. The molecule has 0 radical (unpaired) electrons. The number of nitrogens with zero attached hydrogens (tertiary/aromatic N) is 4. The summed E-state index contributed by atoms with van der Waals surface area (Å²) in [5, 5.41) is 22.2. The molecule has 15 heteroatoms. The lowest BCUT2D eigenvalue weighted by atomic mass is 10.3. The summed E-state index contributed by atoms with van der Waals surface area (Å²) in [7, 11) is -0.791. The first-order chi connectivity index (χ1) is 13.2. The van der Waals surface area contributed by atoms with Gasteiger partial charge in [0.2, 0.25) is 11.7 Å². The summed E-state index contributed by atoms with van der Waals surface area (Å²) >= 11 is 3.04. The zero-order valence-corrected chi connectivity index (χ0v) is 17.1. The van der Waals surface area contributed by atoms with E-state index >= 15 is 0 Å². The lowest BCUT2D eigenvalue weighted by molar-refractivity contribution is 0.195. The third kappa shape index (κ3) is 5.83. The summed E-state index contributed by atoms with van der Waals surface area (Å²) in [4.78, 5) is 5.09. The second-order valence-corrected chi connectivity index (χ2v) is 8.12. The molecule has 1 heterocycles. The van der Waals surface area contributed by atoms with Crippen molar-refractivity contribution in [1.29, 1.82) is 0 Å². The third-order valence-corrected chi connectivity index (χ3v) is 5.27. The largest absolute Gasteiger partial charge is 0.409 e. The predicted molar refractivity (Wildman–Crippen MR) is 101 cm³/mol. The van der Waals surface area contributed by atoms with Crippen LogP contribution < -0.4 is 15.5 Å². The molecule has 0 amide bonds. The first-order valence-electron chi connectivity index (χ1n) is 7.56. The Morgan fingerprint density at radius 1 is 1.43 bits per heavy atom. The minimum atomic E-state index is -3.56. The molecule has 4 N–H and O–H groups in total. The molecule has 2 aromatic rings. The van der Waals surface area contributed by atoms with Crippen LogP contribution >= 0.6 is 15.9 Å². The van der Waals surface area contributed by atoms with Crippen LogP contribution in [0.15, 0.2) is 32.5 Å². The van der Waals surface area contributed by atoms with Crippen molar-refractivity contribution in [3.05, 3.63) is 34.2 Å². The Hall–Kier alpha value is -2.33. The van der Waals surface area contributed by atoms with Crippen LogP contribution in [0.5, 0.6) is 0 Å². The van der Waals surface area contributed by atoms with E-state index in [0.29, 0.717) is 5.69 Å². The zero-order chi connectivity index (χ0) is 20.7. The summed E-state index contributed by atoms with van der Waals surface area (Å²) in [5.41, 5.74) is 2.78. The van der Waals surface area contributed by atoms with Crippen molar-refractivity contribution in [2.45, 2.75) is 0 Å². The summed E-state index contributed by atoms with van der Waals surface area (Å²) in [6, 6.07) is 4.05. The Labute approximate surface area is 167 Å². The van der Waals surface area contributed by atoms with Crippen LogP contribution in [0.25, 0.3) is 0 Å². The number of anilines is 2. The maximum Gasteiger partial charge on any atom is 0.279 e. The molecule has 0 saturated carbocycles. The summed E-state index contributed by atoms with van der Waals surface area (Å²) in [6.45, 7) is -0.0692. The number of oxime groups is 1. The van der Waals surface area contributed by atoms with Gasteiger partial charge in [0.15, 0.2) is 5.69 Å². The molecule has 0 unspecified atom stereocenters. The van der Waals surface area contributed by atoms with Crippen molar-refractivity contribution in [2.24, 2.45) is 5.16 Å². The van der Waals surface area contributed by atoms with E-state index in [1.54, 1.807) is 0 Å². The minimum Gasteiger partial charge on any atom is -0.409 e. The van der Waals surface area contributed by atoms with Gasteiger partial charge in [0.25, 0.3) is 10.2 Å². The Morgan fingerprint density at radius 2 is 2.18 bits per heavy atom. The monoisotopic (exact) mass is 481 g/mol. The summed E-state index contributed by atoms with van der Waals surface area (Å²) in [5.74, 6) is -0.645. The van der Waals surface area contributed by atoms with Gasteiger partial charge in [-0.3, -0.25) is 4.84 Å². The Morgan fingerprint density at radius 3 is 2.82 bits per heavy atom. The van der Waals surface area contributed by atoms with Gasteiger partial charge in [-0.15, -0.1) is 0 Å². The second-order valence-electron chi connectivity index (χ2n) is 5.30. The summed E-state index contributed by atoms with van der Waals surface area (Å²) < 4.78 is 44.5. The molecule has 0 saturated heterocycles. The highest BCUT2D eigenvalue weighted by Gasteiger charge is 2.18. The second kappa shape index (κ2) is 9.74. The first kappa shape index (κ1) is 22.0. The SMILES string of the molecule is CN(C)S(=O)(=O)NCCONc1nonc1/C(=N/O)Nc1ccc(F)c(Br)c1. The van der Waals surface area contributed by atoms with Crippen molar-refractivity contribution in [1.82, 2.24) is 19.3 Å². The minimum absolute atomic E-state index is 0.0169. The van der Waals surface area contributed by atoms with Crippen LogP contribution in [0.3, 0.4) is 0 Å². The average Bonchev–Trinajstić information content (AvgIpc) is 3.10. The van der Waals surface area contributed by atoms with Gasteiger partial charge in [0.05, 0.1) is 11.1 Å². The normalized spacial score (nSPS) is 12.4. The van der Waals surface area contributed by atoms with Gasteiger partial charge >= 0.3 is 0 Å². The van der Waals surface area contributed by atoms with E-state index in [1.807, 2.05) is 0 Å². The smallest absolute Gasteiger partial charge is 0.279 e. The number of halogens is 2. The number of nitrogens with one attached hydrogen (secondary N) is 3. The van der Waals surface area contributed by atoms with Gasteiger partial charge in [0, 0.05) is 26.3 Å². The van der Waals surface area contributed by atoms with E-state index in [0.717, 1.165) is 4.31 Å². The van der Waals surface area contributed by atoms with E-state index in [-0.39, 0.29) is 35.0 Å². The molecule has 0 atom stereocenters. The molecule has 0 aliphatic heterocycles. The molecular weight excluding hydrogens is 465 g/mol. The van der Waals surface area contributed by atoms with Gasteiger partial charge in [-0.05, 0) is 44.4 Å². The number of benzene rings is 1. The van der Waals surface area contributed by atoms with Gasteiger partial charge in [0.1, 0.15) is 5.82 Å². The summed E-state index contributed by atoms with van der Waals surface area (Å²) in [6.07, 6.45) is 0. The molecule has 0 aliphatic rings. The van der Waals surface area contributed by atoms with E-state index < -0.39 is 16.0 Å². The number of hydrogen-bond acceptors (Lipinski definition) is 9. The topological polar surface area (TPSA) is 154 Å². The number of aromatic nitrogens is 2. The van der Waals surface area contributed by atoms with Crippen LogP contribution in [-0.2, 0) is 15.0 Å². The fourth-order valence-corrected chi connectivity index (χ4v) is 2.70. The maximum absolute atomic E-state index is 13.3. The number of hydrogen-bond donors (Lipinski definition) is 4. The third-order valence-electron chi connectivity index (χ3n) is 3.13. The van der Waals surface area contributed by atoms with Crippen LogP contribution in [0.2, 0.25) is 0 Å². The molecular formula is C13H17BrFN7O5S. The highest BCUT2D eigenvalue weighted by Crippen LogP contribution is 2.21. The predicted octanol–water partition coefficient (Wildman–Crippen LogP) is 0.959. The van der Waals surface area contributed by atoms with E-state index in [4.69, 9.17) is 4.84 Å². The van der Waals surface area contributed by atoms with Crippen molar-refractivity contribution in [3.8, 4) is 0 Å². The molecule has 12 nitrogen and oxygen atoms in total. The maximum atomic E-state index is 13.3. The molecule has 28 heavy (non-hydrogen) atoms. The Kier molecular flexibility index (Phi) is 7.64. The quantitative estimate of drug-likeness (QED) is 0.135. The van der Waals surface area contributed by atoms with Crippen molar-refractivity contribution < 1.29 is 27.5 Å². The highest BCUT2D eigenvalue weighted by molar-refractivity contribution is 9.10. The van der Waals surface area contributed by atoms with Gasteiger partial charge < -0.3 is 10.5 Å². The molecule has 0 spiro atoms. The molecule has 0 aliphatic carbocycles. The molecule has 2 rings (SSSR count). The van der Waals surface area contributed by atoms with Crippen LogP contribution in [0.1, 0.15) is 5.69 Å². The first-order valence-corrected chi connectivity index (χ1v) is 9.80. The van der Waals surface area contributed by atoms with E-state index in [9.17, 15) is 18.0 Å². The number of amidine groups is 1. The zero-order valence-electron chi connectivity index (χ0n) is 14.7. The van der Waals surface area contributed by atoms with Crippen molar-refractivity contribution in [3.63, 3.8) is 0 Å². The highest BCUT2D eigenvalue weighted by atomic mass is 79.9. The van der Waals surface area contributed by atoms with Gasteiger partial charge in [-0.25, -0.2) is 14.5 Å². The molecule has 0 fully saturated rings. The van der Waals surface area contributed by atoms with Gasteiger partial charge in [-0.1, -0.05) is 5.16 Å². The molecule has 154 valence electrons. The average molecular weight is 482 g/mol.